The standard InChI is InChI=1S/C23H31ClN6O/c1-2-25-21(29-11-13-30(14-12-29)22-26-9-4-10-27-22)28-18-23(7-15-31-16-8-23)19-5-3-6-20(24)17-19/h3-6,9-10,17H,2,7-8,11-16,18H2,1H3,(H,25,28). The molecule has 8 heteroatoms. The minimum atomic E-state index is -0.0382. The van der Waals surface area contributed by atoms with Crippen LogP contribution in [0.2, 0.25) is 5.02 Å². The van der Waals surface area contributed by atoms with Crippen LogP contribution in [0.3, 0.4) is 0 Å². The molecule has 2 fully saturated rings. The van der Waals surface area contributed by atoms with E-state index in [4.69, 9.17) is 21.3 Å². The Morgan fingerprint density at radius 2 is 1.87 bits per heavy atom. The number of nitrogens with zero attached hydrogens (tertiary/aromatic N) is 5. The minimum absolute atomic E-state index is 0.0382. The van der Waals surface area contributed by atoms with Crippen molar-refractivity contribution in [2.45, 2.75) is 25.2 Å². The molecule has 0 spiro atoms. The fourth-order valence-corrected chi connectivity index (χ4v) is 4.53. The maximum atomic E-state index is 6.32. The van der Waals surface area contributed by atoms with Crippen LogP contribution in [0.5, 0.6) is 0 Å². The monoisotopic (exact) mass is 442 g/mol. The van der Waals surface area contributed by atoms with Crippen molar-refractivity contribution in [3.05, 3.63) is 53.3 Å². The highest BCUT2D eigenvalue weighted by molar-refractivity contribution is 6.30. The molecule has 7 nitrogen and oxygen atoms in total. The molecule has 0 atom stereocenters. The molecular weight excluding hydrogens is 412 g/mol. The van der Waals surface area contributed by atoms with Gasteiger partial charge in [-0.2, -0.15) is 0 Å². The van der Waals surface area contributed by atoms with Crippen molar-refractivity contribution >= 4 is 23.5 Å². The molecule has 2 aliphatic rings. The average Bonchev–Trinajstić information content (AvgIpc) is 2.83. The molecule has 0 aliphatic carbocycles. The Morgan fingerprint density at radius 1 is 1.13 bits per heavy atom. The molecule has 2 aliphatic heterocycles. The zero-order chi connectivity index (χ0) is 21.5. The van der Waals surface area contributed by atoms with Gasteiger partial charge in [0.1, 0.15) is 0 Å². The van der Waals surface area contributed by atoms with Crippen LogP contribution in [0.15, 0.2) is 47.7 Å². The van der Waals surface area contributed by atoms with E-state index in [2.05, 4.69) is 44.1 Å². The Bertz CT molecular complexity index is 863. The maximum absolute atomic E-state index is 6.32. The second-order valence-corrected chi connectivity index (χ2v) is 8.53. The Kier molecular flexibility index (Phi) is 7.25. The molecule has 2 aromatic rings. The third-order valence-electron chi connectivity index (χ3n) is 6.17. The third-order valence-corrected chi connectivity index (χ3v) is 6.40. The smallest absolute Gasteiger partial charge is 0.225 e. The summed E-state index contributed by atoms with van der Waals surface area (Å²) >= 11 is 6.32. The van der Waals surface area contributed by atoms with E-state index in [1.54, 1.807) is 12.4 Å². The molecule has 1 aromatic carbocycles. The van der Waals surface area contributed by atoms with Gasteiger partial charge in [0.25, 0.3) is 0 Å². The van der Waals surface area contributed by atoms with Crippen LogP contribution >= 0.6 is 11.6 Å². The first-order valence-corrected chi connectivity index (χ1v) is 11.5. The van der Waals surface area contributed by atoms with E-state index < -0.39 is 0 Å². The third kappa shape index (κ3) is 5.28. The summed E-state index contributed by atoms with van der Waals surface area (Å²) in [6.45, 7) is 8.72. The highest BCUT2D eigenvalue weighted by Crippen LogP contribution is 2.36. The number of ether oxygens (including phenoxy) is 1. The van der Waals surface area contributed by atoms with E-state index in [-0.39, 0.29) is 5.41 Å². The van der Waals surface area contributed by atoms with Gasteiger partial charge in [-0.1, -0.05) is 23.7 Å². The predicted octanol–water partition coefficient (Wildman–Crippen LogP) is 2.97. The fourth-order valence-electron chi connectivity index (χ4n) is 4.34. The van der Waals surface area contributed by atoms with Gasteiger partial charge in [0.05, 0.1) is 6.54 Å². The number of halogens is 1. The number of rotatable bonds is 5. The summed E-state index contributed by atoms with van der Waals surface area (Å²) in [5.74, 6) is 1.77. The van der Waals surface area contributed by atoms with Gasteiger partial charge < -0.3 is 19.9 Å². The summed E-state index contributed by atoms with van der Waals surface area (Å²) in [4.78, 5) is 18.5. The maximum Gasteiger partial charge on any atom is 0.225 e. The van der Waals surface area contributed by atoms with Gasteiger partial charge in [0.15, 0.2) is 5.96 Å². The van der Waals surface area contributed by atoms with E-state index in [1.807, 2.05) is 18.2 Å². The lowest BCUT2D eigenvalue weighted by molar-refractivity contribution is 0.0530. The van der Waals surface area contributed by atoms with Gasteiger partial charge in [-0.15, -0.1) is 0 Å². The zero-order valence-electron chi connectivity index (χ0n) is 18.1. The van der Waals surface area contributed by atoms with Crippen molar-refractivity contribution in [2.75, 3.05) is 57.4 Å². The number of anilines is 1. The molecule has 0 radical (unpaired) electrons. The van der Waals surface area contributed by atoms with Crippen LogP contribution in [-0.4, -0.2) is 73.3 Å². The summed E-state index contributed by atoms with van der Waals surface area (Å²) in [6.07, 6.45) is 5.50. The van der Waals surface area contributed by atoms with Crippen LogP contribution in [0, 0.1) is 0 Å². The normalized spacial score (nSPS) is 19.4. The highest BCUT2D eigenvalue weighted by Gasteiger charge is 2.35. The lowest BCUT2D eigenvalue weighted by Crippen LogP contribution is -2.53. The number of guanidine groups is 1. The summed E-state index contributed by atoms with van der Waals surface area (Å²) in [6, 6.07) is 10.1. The minimum Gasteiger partial charge on any atom is -0.381 e. The highest BCUT2D eigenvalue weighted by atomic mass is 35.5. The number of aliphatic imine (C=N–C) groups is 1. The molecule has 0 bridgehead atoms. The summed E-state index contributed by atoms with van der Waals surface area (Å²) < 4.78 is 5.68. The predicted molar refractivity (Wildman–Crippen MR) is 125 cm³/mol. The molecule has 2 saturated heterocycles. The quantitative estimate of drug-likeness (QED) is 0.567. The molecule has 3 heterocycles. The second-order valence-electron chi connectivity index (χ2n) is 8.10. The SMILES string of the molecule is CCNC(=NCC1(c2cccc(Cl)c2)CCOCC1)N1CCN(c2ncccn2)CC1. The molecule has 31 heavy (non-hydrogen) atoms. The second kappa shape index (κ2) is 10.3. The number of hydrogen-bond acceptors (Lipinski definition) is 5. The van der Waals surface area contributed by atoms with E-state index in [1.165, 1.54) is 5.56 Å². The van der Waals surface area contributed by atoms with Gasteiger partial charge in [-0.25, -0.2) is 9.97 Å². The van der Waals surface area contributed by atoms with E-state index in [0.29, 0.717) is 0 Å². The van der Waals surface area contributed by atoms with Crippen LogP contribution in [-0.2, 0) is 10.2 Å². The van der Waals surface area contributed by atoms with E-state index in [9.17, 15) is 0 Å². The molecule has 0 unspecified atom stereocenters. The van der Waals surface area contributed by atoms with E-state index in [0.717, 1.165) is 82.3 Å². The molecule has 1 N–H and O–H groups in total. The summed E-state index contributed by atoms with van der Waals surface area (Å²) in [5.41, 5.74) is 1.22. The first-order valence-electron chi connectivity index (χ1n) is 11.1. The first-order chi connectivity index (χ1) is 15.2. The van der Waals surface area contributed by atoms with Crippen LogP contribution in [0.25, 0.3) is 0 Å². The number of benzene rings is 1. The average molecular weight is 443 g/mol. The Balaban J connectivity index is 1.49. The lowest BCUT2D eigenvalue weighted by atomic mass is 9.74. The molecule has 0 saturated carbocycles. The Labute approximate surface area is 189 Å². The lowest BCUT2D eigenvalue weighted by Gasteiger charge is -2.39. The van der Waals surface area contributed by atoms with Crippen molar-refractivity contribution < 1.29 is 4.74 Å². The molecule has 166 valence electrons. The van der Waals surface area contributed by atoms with E-state index >= 15 is 0 Å². The summed E-state index contributed by atoms with van der Waals surface area (Å²) in [5, 5.41) is 4.27. The van der Waals surface area contributed by atoms with Crippen molar-refractivity contribution in [1.29, 1.82) is 0 Å². The molecule has 0 amide bonds. The zero-order valence-corrected chi connectivity index (χ0v) is 18.9. The van der Waals surface area contributed by atoms with Crippen molar-refractivity contribution in [3.8, 4) is 0 Å². The number of piperazine rings is 1. The number of hydrogen-bond donors (Lipinski definition) is 1. The number of nitrogens with one attached hydrogen (secondary N) is 1. The topological polar surface area (TPSA) is 65.9 Å². The van der Waals surface area contributed by atoms with Gasteiger partial charge in [-0.3, -0.25) is 4.99 Å². The summed E-state index contributed by atoms with van der Waals surface area (Å²) in [7, 11) is 0. The van der Waals surface area contributed by atoms with Gasteiger partial charge in [0.2, 0.25) is 5.95 Å². The van der Waals surface area contributed by atoms with Crippen molar-refractivity contribution in [2.24, 2.45) is 4.99 Å². The van der Waals surface area contributed by atoms with Gasteiger partial charge in [-0.05, 0) is 43.5 Å². The fraction of sp³-hybridized carbons (Fsp3) is 0.522. The van der Waals surface area contributed by atoms with Crippen LogP contribution in [0.4, 0.5) is 5.95 Å². The van der Waals surface area contributed by atoms with Crippen molar-refractivity contribution in [3.63, 3.8) is 0 Å². The largest absolute Gasteiger partial charge is 0.381 e. The Morgan fingerprint density at radius 3 is 2.55 bits per heavy atom. The first kappa shape index (κ1) is 21.8. The van der Waals surface area contributed by atoms with Crippen LogP contribution < -0.4 is 10.2 Å². The molecule has 4 rings (SSSR count). The van der Waals surface area contributed by atoms with Gasteiger partial charge >= 0.3 is 0 Å². The van der Waals surface area contributed by atoms with Gasteiger partial charge in [0, 0.05) is 68.8 Å². The van der Waals surface area contributed by atoms with Crippen molar-refractivity contribution in [1.82, 2.24) is 20.2 Å². The van der Waals surface area contributed by atoms with Crippen LogP contribution in [0.1, 0.15) is 25.3 Å². The Hall–Kier alpha value is -2.38. The molecule has 1 aromatic heterocycles. The molecular formula is C23H31ClN6O. The number of aromatic nitrogens is 2.